The number of quaternary nitrogens is 1. The van der Waals surface area contributed by atoms with Gasteiger partial charge in [0.15, 0.2) is 0 Å². The molecule has 1 aliphatic heterocycles. The summed E-state index contributed by atoms with van der Waals surface area (Å²) >= 11 is 0. The molecule has 0 spiro atoms. The Kier molecular flexibility index (Phi) is 5.74. The number of nitrogens with zero attached hydrogens (tertiary/aromatic N) is 1. The predicted octanol–water partition coefficient (Wildman–Crippen LogP) is -2.50. The number of halogens is 1. The number of hydrogen-bond donors (Lipinski definition) is 0. The monoisotopic (exact) mass is 301 g/mol. The molecular formula is C9H20INO2. The van der Waals surface area contributed by atoms with E-state index in [0.717, 1.165) is 24.2 Å². The van der Waals surface area contributed by atoms with E-state index in [4.69, 9.17) is 9.47 Å². The highest BCUT2D eigenvalue weighted by molar-refractivity contribution is 4.68. The van der Waals surface area contributed by atoms with E-state index in [9.17, 15) is 0 Å². The van der Waals surface area contributed by atoms with Crippen LogP contribution in [0.4, 0.5) is 0 Å². The van der Waals surface area contributed by atoms with Crippen molar-refractivity contribution in [3.05, 3.63) is 0 Å². The van der Waals surface area contributed by atoms with Crippen molar-refractivity contribution in [3.8, 4) is 0 Å². The second-order valence-electron chi connectivity index (χ2n) is 4.46. The summed E-state index contributed by atoms with van der Waals surface area (Å²) in [5.41, 5.74) is 0. The van der Waals surface area contributed by atoms with Gasteiger partial charge in [-0.05, 0) is 6.92 Å². The van der Waals surface area contributed by atoms with Gasteiger partial charge in [-0.3, -0.25) is 0 Å². The number of likely N-dealkylation sites (N-methyl/N-ethyl adjacent to an activating group) is 1. The summed E-state index contributed by atoms with van der Waals surface area (Å²) in [4.78, 5) is 0. The minimum absolute atomic E-state index is 0. The number of hydrogen-bond acceptors (Lipinski definition) is 2. The molecule has 0 radical (unpaired) electrons. The molecule has 1 heterocycles. The Hall–Kier alpha value is 0.610. The average Bonchev–Trinajstić information content (AvgIpc) is 1.91. The van der Waals surface area contributed by atoms with E-state index < -0.39 is 0 Å². The Balaban J connectivity index is 0.00000144. The molecule has 3 nitrogen and oxygen atoms in total. The third kappa shape index (κ3) is 5.15. The molecule has 1 aliphatic rings. The summed E-state index contributed by atoms with van der Waals surface area (Å²) < 4.78 is 12.1. The van der Waals surface area contributed by atoms with Crippen molar-refractivity contribution in [2.45, 2.75) is 19.1 Å². The maximum Gasteiger partial charge on any atom is 0.132 e. The van der Waals surface area contributed by atoms with Gasteiger partial charge in [0.25, 0.3) is 0 Å². The van der Waals surface area contributed by atoms with Gasteiger partial charge in [-0.1, -0.05) is 0 Å². The fourth-order valence-corrected chi connectivity index (χ4v) is 1.42. The molecule has 0 bridgehead atoms. The van der Waals surface area contributed by atoms with E-state index >= 15 is 0 Å². The van der Waals surface area contributed by atoms with Crippen LogP contribution in [0.25, 0.3) is 0 Å². The van der Waals surface area contributed by atoms with Crippen LogP contribution in [0.3, 0.4) is 0 Å². The van der Waals surface area contributed by atoms with Gasteiger partial charge in [0, 0.05) is 0 Å². The molecule has 13 heavy (non-hydrogen) atoms. The van der Waals surface area contributed by atoms with Crippen molar-refractivity contribution in [2.75, 3.05) is 40.9 Å². The van der Waals surface area contributed by atoms with E-state index in [0.29, 0.717) is 0 Å². The lowest BCUT2D eigenvalue weighted by atomic mass is 10.2. The highest BCUT2D eigenvalue weighted by Crippen LogP contribution is 2.11. The fraction of sp³-hybridized carbons (Fsp3) is 1.00. The van der Waals surface area contributed by atoms with Gasteiger partial charge in [-0.2, -0.15) is 0 Å². The van der Waals surface area contributed by atoms with E-state index in [-0.39, 0.29) is 36.2 Å². The van der Waals surface area contributed by atoms with Gasteiger partial charge in [0.2, 0.25) is 0 Å². The largest absolute Gasteiger partial charge is 1.00 e. The van der Waals surface area contributed by atoms with Crippen LogP contribution in [0.15, 0.2) is 0 Å². The van der Waals surface area contributed by atoms with Crippen molar-refractivity contribution in [1.29, 1.82) is 0 Å². The second-order valence-corrected chi connectivity index (χ2v) is 4.46. The van der Waals surface area contributed by atoms with Crippen molar-refractivity contribution in [1.82, 2.24) is 0 Å². The summed E-state index contributed by atoms with van der Waals surface area (Å²) in [6.45, 7) is 4.59. The van der Waals surface area contributed by atoms with Gasteiger partial charge in [0.1, 0.15) is 12.6 Å². The van der Waals surface area contributed by atoms with Crippen LogP contribution < -0.4 is 24.0 Å². The molecule has 0 saturated carbocycles. The molecule has 0 aromatic carbocycles. The first-order chi connectivity index (χ1) is 5.49. The van der Waals surface area contributed by atoms with Crippen LogP contribution in [0, 0.1) is 0 Å². The van der Waals surface area contributed by atoms with Gasteiger partial charge in [-0.25, -0.2) is 0 Å². The predicted molar refractivity (Wildman–Crippen MR) is 48.1 cm³/mol. The first-order valence-electron chi connectivity index (χ1n) is 4.53. The fourth-order valence-electron chi connectivity index (χ4n) is 1.42. The smallest absolute Gasteiger partial charge is 0.132 e. The molecule has 0 N–H and O–H groups in total. The van der Waals surface area contributed by atoms with E-state index in [1.807, 2.05) is 0 Å². The minimum Gasteiger partial charge on any atom is -1.00 e. The van der Waals surface area contributed by atoms with Crippen molar-refractivity contribution < 1.29 is 37.9 Å². The Morgan fingerprint density at radius 2 is 1.69 bits per heavy atom. The van der Waals surface area contributed by atoms with Crippen LogP contribution in [0.5, 0.6) is 0 Å². The molecule has 0 amide bonds. The maximum atomic E-state index is 5.63. The van der Waals surface area contributed by atoms with Crippen LogP contribution in [-0.4, -0.2) is 57.6 Å². The van der Waals surface area contributed by atoms with Gasteiger partial charge >= 0.3 is 0 Å². The number of rotatable bonds is 2. The Morgan fingerprint density at radius 1 is 1.15 bits per heavy atom. The van der Waals surface area contributed by atoms with Gasteiger partial charge in [-0.15, -0.1) is 0 Å². The molecule has 1 saturated heterocycles. The lowest BCUT2D eigenvalue weighted by Crippen LogP contribution is -3.00. The molecule has 1 rings (SSSR count). The molecule has 2 atom stereocenters. The van der Waals surface area contributed by atoms with E-state index in [1.165, 1.54) is 0 Å². The quantitative estimate of drug-likeness (QED) is 0.415. The zero-order valence-electron chi connectivity index (χ0n) is 8.92. The number of ether oxygens (including phenoxy) is 2. The minimum atomic E-state index is 0. The summed E-state index contributed by atoms with van der Waals surface area (Å²) in [5, 5.41) is 0. The van der Waals surface area contributed by atoms with Crippen LogP contribution in [0.1, 0.15) is 6.92 Å². The Morgan fingerprint density at radius 3 is 2.15 bits per heavy atom. The average molecular weight is 301 g/mol. The first-order valence-corrected chi connectivity index (χ1v) is 4.53. The van der Waals surface area contributed by atoms with Crippen molar-refractivity contribution >= 4 is 0 Å². The molecule has 0 aromatic rings. The topological polar surface area (TPSA) is 18.5 Å². The summed E-state index contributed by atoms with van der Waals surface area (Å²) in [5.74, 6) is 0. The van der Waals surface area contributed by atoms with E-state index in [2.05, 4.69) is 28.1 Å². The van der Waals surface area contributed by atoms with Crippen molar-refractivity contribution in [2.24, 2.45) is 0 Å². The normalized spacial score (nSPS) is 29.5. The van der Waals surface area contributed by atoms with Crippen LogP contribution in [0.2, 0.25) is 0 Å². The summed E-state index contributed by atoms with van der Waals surface area (Å²) in [7, 11) is 6.51. The molecule has 0 aromatic heterocycles. The van der Waals surface area contributed by atoms with Crippen LogP contribution in [-0.2, 0) is 9.47 Å². The molecule has 80 valence electrons. The lowest BCUT2D eigenvalue weighted by molar-refractivity contribution is -0.874. The summed E-state index contributed by atoms with van der Waals surface area (Å²) in [6, 6.07) is 0. The molecule has 2 unspecified atom stereocenters. The molecule has 1 fully saturated rings. The lowest BCUT2D eigenvalue weighted by Gasteiger charge is -2.34. The van der Waals surface area contributed by atoms with Gasteiger partial charge in [0.05, 0.1) is 40.5 Å². The third-order valence-electron chi connectivity index (χ3n) is 2.05. The van der Waals surface area contributed by atoms with Crippen molar-refractivity contribution in [3.63, 3.8) is 0 Å². The standard InChI is InChI=1S/C9H20NO2.HI/c1-8-9(7-10(2,3)4)12-6-5-11-8;/h8-9H,5-7H2,1-4H3;1H/q+1;/p-1. The zero-order valence-corrected chi connectivity index (χ0v) is 11.1. The Labute approximate surface area is 98.0 Å². The maximum absolute atomic E-state index is 5.63. The Bertz CT molecular complexity index is 147. The second kappa shape index (κ2) is 5.48. The highest BCUT2D eigenvalue weighted by Gasteiger charge is 2.27. The zero-order chi connectivity index (χ0) is 9.19. The van der Waals surface area contributed by atoms with Crippen LogP contribution >= 0.6 is 0 Å². The van der Waals surface area contributed by atoms with E-state index in [1.54, 1.807) is 0 Å². The highest BCUT2D eigenvalue weighted by atomic mass is 127. The summed E-state index contributed by atoms with van der Waals surface area (Å²) in [6.07, 6.45) is 0.509. The molecular weight excluding hydrogens is 281 g/mol. The SMILES string of the molecule is CC1OCCOC1C[N+](C)(C)C.[I-]. The van der Waals surface area contributed by atoms with Gasteiger partial charge < -0.3 is 37.9 Å². The third-order valence-corrected chi connectivity index (χ3v) is 2.05. The first kappa shape index (κ1) is 13.6. The molecule has 4 heteroatoms. The molecule has 0 aliphatic carbocycles.